The summed E-state index contributed by atoms with van der Waals surface area (Å²) in [6, 6.07) is 8.73. The number of nitrogens with one attached hydrogen (secondary N) is 1. The van der Waals surface area contributed by atoms with Crippen molar-refractivity contribution in [2.24, 2.45) is 22.6 Å². The standard InChI is InChI=1S/C23H37N5O.HI/c1-18-7-5-11-27(15-18)17-21-10-4-3-9-20(21)14-26-23(25-2)28-12-6-8-19(16-28)13-22(24)29;/h3-4,9-10,18-19H,5-8,11-17H2,1-2H3,(H2,24,29)(H,25,26);1H. The zero-order chi connectivity index (χ0) is 20.6. The summed E-state index contributed by atoms with van der Waals surface area (Å²) in [7, 11) is 1.83. The lowest BCUT2D eigenvalue weighted by Crippen LogP contribution is -2.47. The molecule has 7 heteroatoms. The predicted molar refractivity (Wildman–Crippen MR) is 134 cm³/mol. The molecule has 3 rings (SSSR count). The van der Waals surface area contributed by atoms with Gasteiger partial charge in [-0.15, -0.1) is 24.0 Å². The lowest BCUT2D eigenvalue weighted by Gasteiger charge is -2.35. The number of nitrogens with zero attached hydrogens (tertiary/aromatic N) is 3. The monoisotopic (exact) mass is 527 g/mol. The summed E-state index contributed by atoms with van der Waals surface area (Å²) in [6.07, 6.45) is 5.25. The number of piperidine rings is 2. The molecule has 6 nitrogen and oxygen atoms in total. The number of hydrogen-bond acceptors (Lipinski definition) is 3. The number of halogens is 1. The maximum atomic E-state index is 11.3. The van der Waals surface area contributed by atoms with Crippen molar-refractivity contribution in [3.05, 3.63) is 35.4 Å². The van der Waals surface area contributed by atoms with Crippen molar-refractivity contribution in [3.63, 3.8) is 0 Å². The third-order valence-electron chi connectivity index (χ3n) is 6.21. The van der Waals surface area contributed by atoms with Gasteiger partial charge in [0, 0.05) is 46.2 Å². The molecule has 1 aromatic carbocycles. The fourth-order valence-electron chi connectivity index (χ4n) is 4.77. The second-order valence-electron chi connectivity index (χ2n) is 8.78. The number of hydrogen-bond donors (Lipinski definition) is 2. The summed E-state index contributed by atoms with van der Waals surface area (Å²) < 4.78 is 0. The van der Waals surface area contributed by atoms with Gasteiger partial charge in [0.25, 0.3) is 0 Å². The van der Waals surface area contributed by atoms with Crippen LogP contribution >= 0.6 is 24.0 Å². The van der Waals surface area contributed by atoms with Gasteiger partial charge in [-0.25, -0.2) is 0 Å². The normalized spacial score (nSPS) is 23.0. The van der Waals surface area contributed by atoms with Crippen LogP contribution in [-0.4, -0.2) is 54.9 Å². The molecular weight excluding hydrogens is 489 g/mol. The minimum Gasteiger partial charge on any atom is -0.370 e. The fraction of sp³-hybridized carbons (Fsp3) is 0.652. The number of nitrogens with two attached hydrogens (primary N) is 1. The van der Waals surface area contributed by atoms with Gasteiger partial charge in [0.05, 0.1) is 0 Å². The van der Waals surface area contributed by atoms with Crippen molar-refractivity contribution in [2.75, 3.05) is 33.2 Å². The first-order valence-electron chi connectivity index (χ1n) is 11.1. The zero-order valence-electron chi connectivity index (χ0n) is 18.5. The van der Waals surface area contributed by atoms with Gasteiger partial charge in [-0.3, -0.25) is 14.7 Å². The molecule has 2 aliphatic heterocycles. The topological polar surface area (TPSA) is 74.0 Å². The molecule has 0 aliphatic carbocycles. The van der Waals surface area contributed by atoms with Crippen LogP contribution in [-0.2, 0) is 17.9 Å². The number of carbonyl (C=O) groups is 1. The molecule has 0 aromatic heterocycles. The second-order valence-corrected chi connectivity index (χ2v) is 8.78. The molecule has 0 saturated carbocycles. The summed E-state index contributed by atoms with van der Waals surface area (Å²) >= 11 is 0. The van der Waals surface area contributed by atoms with E-state index in [4.69, 9.17) is 5.73 Å². The average Bonchev–Trinajstić information content (AvgIpc) is 2.69. The van der Waals surface area contributed by atoms with Gasteiger partial charge in [0.2, 0.25) is 5.91 Å². The van der Waals surface area contributed by atoms with Gasteiger partial charge >= 0.3 is 0 Å². The number of amides is 1. The highest BCUT2D eigenvalue weighted by molar-refractivity contribution is 14.0. The van der Waals surface area contributed by atoms with Crippen molar-refractivity contribution >= 4 is 35.8 Å². The van der Waals surface area contributed by atoms with E-state index in [9.17, 15) is 4.79 Å². The van der Waals surface area contributed by atoms with E-state index < -0.39 is 0 Å². The Morgan fingerprint density at radius 3 is 2.60 bits per heavy atom. The van der Waals surface area contributed by atoms with Crippen LogP contribution in [0.5, 0.6) is 0 Å². The third-order valence-corrected chi connectivity index (χ3v) is 6.21. The molecule has 2 aliphatic rings. The Labute approximate surface area is 198 Å². The SMILES string of the molecule is CN=C(NCc1ccccc1CN1CCCC(C)C1)N1CCCC(CC(N)=O)C1.I. The van der Waals surface area contributed by atoms with Crippen molar-refractivity contribution in [1.29, 1.82) is 0 Å². The molecule has 2 heterocycles. The van der Waals surface area contributed by atoms with Crippen LogP contribution in [0.4, 0.5) is 0 Å². The molecule has 2 atom stereocenters. The average molecular weight is 527 g/mol. The maximum absolute atomic E-state index is 11.3. The van der Waals surface area contributed by atoms with Gasteiger partial charge in [0.1, 0.15) is 0 Å². The first-order valence-corrected chi connectivity index (χ1v) is 11.1. The Hall–Kier alpha value is -1.35. The summed E-state index contributed by atoms with van der Waals surface area (Å²) in [5.41, 5.74) is 8.14. The second kappa shape index (κ2) is 12.5. The maximum Gasteiger partial charge on any atom is 0.217 e. The molecule has 2 fully saturated rings. The summed E-state index contributed by atoms with van der Waals surface area (Å²) in [5, 5.41) is 3.56. The molecule has 3 N–H and O–H groups in total. The molecular formula is C23H38IN5O. The highest BCUT2D eigenvalue weighted by Gasteiger charge is 2.24. The van der Waals surface area contributed by atoms with Gasteiger partial charge in [-0.2, -0.15) is 0 Å². The molecule has 0 bridgehead atoms. The number of carbonyl (C=O) groups excluding carboxylic acids is 1. The molecule has 1 aromatic rings. The van der Waals surface area contributed by atoms with Crippen molar-refractivity contribution in [3.8, 4) is 0 Å². The number of likely N-dealkylation sites (tertiary alicyclic amines) is 2. The third kappa shape index (κ3) is 7.41. The number of aliphatic imine (C=N–C) groups is 1. The van der Waals surface area contributed by atoms with Crippen molar-refractivity contribution in [1.82, 2.24) is 15.1 Å². The Morgan fingerprint density at radius 2 is 1.90 bits per heavy atom. The number of guanidine groups is 1. The van der Waals surface area contributed by atoms with E-state index in [0.29, 0.717) is 12.3 Å². The van der Waals surface area contributed by atoms with E-state index in [1.165, 1.54) is 37.1 Å². The van der Waals surface area contributed by atoms with Crippen molar-refractivity contribution in [2.45, 2.75) is 52.1 Å². The Kier molecular flexibility index (Phi) is 10.4. The first-order chi connectivity index (χ1) is 14.0. The van der Waals surface area contributed by atoms with Crippen LogP contribution < -0.4 is 11.1 Å². The summed E-state index contributed by atoms with van der Waals surface area (Å²) in [5.74, 6) is 1.83. The van der Waals surface area contributed by atoms with Crippen LogP contribution in [0.1, 0.15) is 50.2 Å². The molecule has 2 unspecified atom stereocenters. The minimum absolute atomic E-state index is 0. The minimum atomic E-state index is -0.208. The lowest BCUT2D eigenvalue weighted by molar-refractivity contribution is -0.119. The van der Waals surface area contributed by atoms with Crippen molar-refractivity contribution < 1.29 is 4.79 Å². The number of benzene rings is 1. The van der Waals surface area contributed by atoms with E-state index in [-0.39, 0.29) is 29.9 Å². The van der Waals surface area contributed by atoms with E-state index in [1.807, 2.05) is 7.05 Å². The largest absolute Gasteiger partial charge is 0.370 e. The number of primary amides is 1. The summed E-state index contributed by atoms with van der Waals surface area (Å²) in [4.78, 5) is 20.7. The molecule has 168 valence electrons. The van der Waals surface area contributed by atoms with Crippen LogP contribution in [0.3, 0.4) is 0 Å². The van der Waals surface area contributed by atoms with Gasteiger partial charge in [-0.05, 0) is 55.2 Å². The quantitative estimate of drug-likeness (QED) is 0.339. The van der Waals surface area contributed by atoms with Crippen LogP contribution in [0.15, 0.2) is 29.3 Å². The molecule has 30 heavy (non-hydrogen) atoms. The Balaban J connectivity index is 0.00000320. The Bertz CT molecular complexity index is 711. The summed E-state index contributed by atoms with van der Waals surface area (Å²) in [6.45, 7) is 8.35. The smallest absolute Gasteiger partial charge is 0.217 e. The van der Waals surface area contributed by atoms with Crippen LogP contribution in [0.2, 0.25) is 0 Å². The highest BCUT2D eigenvalue weighted by Crippen LogP contribution is 2.21. The highest BCUT2D eigenvalue weighted by atomic mass is 127. The molecule has 1 amide bonds. The number of rotatable bonds is 6. The van der Waals surface area contributed by atoms with Gasteiger partial charge in [0.15, 0.2) is 5.96 Å². The Morgan fingerprint density at radius 1 is 1.17 bits per heavy atom. The molecule has 2 saturated heterocycles. The molecule has 0 radical (unpaired) electrons. The zero-order valence-corrected chi connectivity index (χ0v) is 20.8. The van der Waals surface area contributed by atoms with Crippen LogP contribution in [0, 0.1) is 11.8 Å². The van der Waals surface area contributed by atoms with E-state index in [0.717, 1.165) is 50.9 Å². The first kappa shape index (κ1) is 24.9. The van der Waals surface area contributed by atoms with Gasteiger partial charge < -0.3 is 16.0 Å². The van der Waals surface area contributed by atoms with Gasteiger partial charge in [-0.1, -0.05) is 31.2 Å². The van der Waals surface area contributed by atoms with Crippen LogP contribution in [0.25, 0.3) is 0 Å². The lowest BCUT2D eigenvalue weighted by atomic mass is 9.95. The van der Waals surface area contributed by atoms with E-state index >= 15 is 0 Å². The van der Waals surface area contributed by atoms with E-state index in [2.05, 4.69) is 51.3 Å². The van der Waals surface area contributed by atoms with E-state index in [1.54, 1.807) is 0 Å². The molecule has 0 spiro atoms. The predicted octanol–water partition coefficient (Wildman–Crippen LogP) is 3.20. The fourth-order valence-corrected chi connectivity index (χ4v) is 4.77.